The Labute approximate surface area is 106 Å². The van der Waals surface area contributed by atoms with Gasteiger partial charge in [0, 0.05) is 11.6 Å². The molecule has 2 unspecified atom stereocenters. The summed E-state index contributed by atoms with van der Waals surface area (Å²) in [6.45, 7) is 0.671. The molecule has 0 bridgehead atoms. The lowest BCUT2D eigenvalue weighted by atomic mass is 10.0. The van der Waals surface area contributed by atoms with Crippen LogP contribution in [0.2, 0.25) is 0 Å². The lowest BCUT2D eigenvalue weighted by molar-refractivity contribution is 0.0141. The first kappa shape index (κ1) is 13.0. The number of aromatic nitrogens is 1. The van der Waals surface area contributed by atoms with Crippen LogP contribution in [0.1, 0.15) is 18.1 Å². The SMILES string of the molecule is CNCCC(O)C(O)c1ccc2cccnc2c1. The highest BCUT2D eigenvalue weighted by Crippen LogP contribution is 2.22. The zero-order chi connectivity index (χ0) is 13.0. The van der Waals surface area contributed by atoms with E-state index in [1.54, 1.807) is 6.20 Å². The third kappa shape index (κ3) is 2.85. The van der Waals surface area contributed by atoms with E-state index in [-0.39, 0.29) is 0 Å². The molecule has 0 spiro atoms. The van der Waals surface area contributed by atoms with E-state index >= 15 is 0 Å². The standard InChI is InChI=1S/C14H18N2O2/c1-15-8-6-13(17)14(18)11-5-4-10-3-2-7-16-12(10)9-11/h2-5,7,9,13-15,17-18H,6,8H2,1H3. The van der Waals surface area contributed by atoms with Crippen LogP contribution in [0.15, 0.2) is 36.5 Å². The minimum absolute atomic E-state index is 0.512. The zero-order valence-electron chi connectivity index (χ0n) is 10.4. The first-order valence-corrected chi connectivity index (χ1v) is 6.08. The summed E-state index contributed by atoms with van der Waals surface area (Å²) < 4.78 is 0. The summed E-state index contributed by atoms with van der Waals surface area (Å²) in [6, 6.07) is 9.40. The average Bonchev–Trinajstić information content (AvgIpc) is 2.43. The number of nitrogens with one attached hydrogen (secondary N) is 1. The normalized spacial score (nSPS) is 14.6. The molecular weight excluding hydrogens is 228 g/mol. The third-order valence-corrected chi connectivity index (χ3v) is 3.03. The van der Waals surface area contributed by atoms with Gasteiger partial charge in [0.05, 0.1) is 11.6 Å². The Morgan fingerprint density at radius 2 is 2.11 bits per heavy atom. The Balaban J connectivity index is 2.19. The molecule has 0 radical (unpaired) electrons. The Morgan fingerprint density at radius 1 is 1.28 bits per heavy atom. The highest BCUT2D eigenvalue weighted by molar-refractivity contribution is 5.78. The van der Waals surface area contributed by atoms with Crippen molar-refractivity contribution in [3.8, 4) is 0 Å². The molecule has 2 rings (SSSR count). The van der Waals surface area contributed by atoms with Gasteiger partial charge in [0.15, 0.2) is 0 Å². The minimum Gasteiger partial charge on any atom is -0.390 e. The molecular formula is C14H18N2O2. The Morgan fingerprint density at radius 3 is 2.89 bits per heavy atom. The highest BCUT2D eigenvalue weighted by atomic mass is 16.3. The van der Waals surface area contributed by atoms with Gasteiger partial charge in [-0.2, -0.15) is 0 Å². The number of aliphatic hydroxyl groups excluding tert-OH is 2. The number of rotatable bonds is 5. The molecule has 1 aromatic carbocycles. The molecule has 0 saturated carbocycles. The van der Waals surface area contributed by atoms with Gasteiger partial charge in [-0.25, -0.2) is 0 Å². The van der Waals surface area contributed by atoms with Crippen LogP contribution in [0.5, 0.6) is 0 Å². The molecule has 2 atom stereocenters. The fraction of sp³-hybridized carbons (Fsp3) is 0.357. The van der Waals surface area contributed by atoms with Gasteiger partial charge < -0.3 is 15.5 Å². The lowest BCUT2D eigenvalue weighted by Gasteiger charge is -2.18. The van der Waals surface area contributed by atoms with E-state index in [9.17, 15) is 10.2 Å². The van der Waals surface area contributed by atoms with E-state index in [1.165, 1.54) is 0 Å². The summed E-state index contributed by atoms with van der Waals surface area (Å²) in [5, 5.41) is 23.9. The first-order valence-electron chi connectivity index (χ1n) is 6.08. The van der Waals surface area contributed by atoms with Gasteiger partial charge in [-0.1, -0.05) is 18.2 Å². The molecule has 18 heavy (non-hydrogen) atoms. The van der Waals surface area contributed by atoms with E-state index < -0.39 is 12.2 Å². The fourth-order valence-corrected chi connectivity index (χ4v) is 1.94. The number of fused-ring (bicyclic) bond motifs is 1. The fourth-order valence-electron chi connectivity index (χ4n) is 1.94. The molecule has 4 heteroatoms. The molecule has 0 amide bonds. The number of hydrogen-bond donors (Lipinski definition) is 3. The number of pyridine rings is 1. The van der Waals surface area contributed by atoms with E-state index in [2.05, 4.69) is 10.3 Å². The average molecular weight is 246 g/mol. The van der Waals surface area contributed by atoms with Crippen LogP contribution < -0.4 is 5.32 Å². The maximum absolute atomic E-state index is 10.1. The molecule has 0 fully saturated rings. The molecule has 0 saturated heterocycles. The second kappa shape index (κ2) is 5.91. The molecule has 4 nitrogen and oxygen atoms in total. The maximum Gasteiger partial charge on any atom is 0.105 e. The van der Waals surface area contributed by atoms with Crippen molar-refractivity contribution in [3.63, 3.8) is 0 Å². The number of benzene rings is 1. The van der Waals surface area contributed by atoms with Crippen molar-refractivity contribution < 1.29 is 10.2 Å². The Bertz CT molecular complexity index is 516. The van der Waals surface area contributed by atoms with E-state index in [4.69, 9.17) is 0 Å². The van der Waals surface area contributed by atoms with Crippen LogP contribution in [-0.4, -0.2) is 34.9 Å². The predicted molar refractivity (Wildman–Crippen MR) is 71.3 cm³/mol. The molecule has 1 heterocycles. The van der Waals surface area contributed by atoms with Crippen LogP contribution in [0.25, 0.3) is 10.9 Å². The van der Waals surface area contributed by atoms with Crippen LogP contribution in [0.4, 0.5) is 0 Å². The highest BCUT2D eigenvalue weighted by Gasteiger charge is 2.18. The second-order valence-electron chi connectivity index (χ2n) is 4.36. The van der Waals surface area contributed by atoms with Gasteiger partial charge >= 0.3 is 0 Å². The van der Waals surface area contributed by atoms with E-state index in [0.717, 1.165) is 10.9 Å². The topological polar surface area (TPSA) is 65.4 Å². The third-order valence-electron chi connectivity index (χ3n) is 3.03. The summed E-state index contributed by atoms with van der Waals surface area (Å²) in [4.78, 5) is 4.24. The largest absolute Gasteiger partial charge is 0.390 e. The van der Waals surface area contributed by atoms with Gasteiger partial charge in [-0.05, 0) is 37.7 Å². The lowest BCUT2D eigenvalue weighted by Crippen LogP contribution is -2.23. The minimum atomic E-state index is -0.871. The van der Waals surface area contributed by atoms with Crippen molar-refractivity contribution in [2.75, 3.05) is 13.6 Å². The summed E-state index contributed by atoms with van der Waals surface area (Å²) in [7, 11) is 1.82. The summed E-state index contributed by atoms with van der Waals surface area (Å²) >= 11 is 0. The van der Waals surface area contributed by atoms with Crippen LogP contribution in [0, 0.1) is 0 Å². The molecule has 1 aromatic heterocycles. The van der Waals surface area contributed by atoms with Gasteiger partial charge in [0.25, 0.3) is 0 Å². The van der Waals surface area contributed by atoms with Crippen LogP contribution in [0.3, 0.4) is 0 Å². The maximum atomic E-state index is 10.1. The van der Waals surface area contributed by atoms with E-state index in [1.807, 2.05) is 37.4 Å². The first-order chi connectivity index (χ1) is 8.72. The van der Waals surface area contributed by atoms with Crippen molar-refractivity contribution in [2.24, 2.45) is 0 Å². The Hall–Kier alpha value is -1.49. The van der Waals surface area contributed by atoms with Gasteiger partial charge in [0.2, 0.25) is 0 Å². The van der Waals surface area contributed by atoms with Crippen molar-refractivity contribution >= 4 is 10.9 Å². The number of aliphatic hydroxyl groups is 2. The van der Waals surface area contributed by atoms with Gasteiger partial charge in [-0.3, -0.25) is 4.98 Å². The molecule has 0 aliphatic carbocycles. The van der Waals surface area contributed by atoms with Crippen molar-refractivity contribution in [3.05, 3.63) is 42.1 Å². The Kier molecular flexibility index (Phi) is 4.25. The summed E-state index contributed by atoms with van der Waals surface area (Å²) in [5.74, 6) is 0. The molecule has 0 aliphatic rings. The molecule has 0 aliphatic heterocycles. The molecule has 3 N–H and O–H groups in total. The summed E-state index contributed by atoms with van der Waals surface area (Å²) in [6.07, 6.45) is 0.594. The van der Waals surface area contributed by atoms with E-state index in [0.29, 0.717) is 18.5 Å². The number of nitrogens with zero attached hydrogens (tertiary/aromatic N) is 1. The molecule has 2 aromatic rings. The smallest absolute Gasteiger partial charge is 0.105 e. The van der Waals surface area contributed by atoms with Crippen molar-refractivity contribution in [2.45, 2.75) is 18.6 Å². The quantitative estimate of drug-likeness (QED) is 0.742. The van der Waals surface area contributed by atoms with Gasteiger partial charge in [0.1, 0.15) is 6.10 Å². The monoisotopic (exact) mass is 246 g/mol. The van der Waals surface area contributed by atoms with Crippen molar-refractivity contribution in [1.29, 1.82) is 0 Å². The number of hydrogen-bond acceptors (Lipinski definition) is 4. The second-order valence-corrected chi connectivity index (χ2v) is 4.36. The van der Waals surface area contributed by atoms with Crippen LogP contribution in [-0.2, 0) is 0 Å². The summed E-state index contributed by atoms with van der Waals surface area (Å²) in [5.41, 5.74) is 1.53. The zero-order valence-corrected chi connectivity index (χ0v) is 10.4. The molecule has 96 valence electrons. The van der Waals surface area contributed by atoms with Gasteiger partial charge in [-0.15, -0.1) is 0 Å². The van der Waals surface area contributed by atoms with Crippen LogP contribution >= 0.6 is 0 Å². The predicted octanol–water partition coefficient (Wildman–Crippen LogP) is 1.24. The van der Waals surface area contributed by atoms with Crippen molar-refractivity contribution in [1.82, 2.24) is 10.3 Å².